The Morgan fingerprint density at radius 1 is 1.25 bits per heavy atom. The third-order valence-electron chi connectivity index (χ3n) is 4.44. The molecule has 1 aliphatic rings. The zero-order valence-electron chi connectivity index (χ0n) is 13.6. The first-order valence-corrected chi connectivity index (χ1v) is 8.73. The first-order chi connectivity index (χ1) is 11.5. The summed E-state index contributed by atoms with van der Waals surface area (Å²) in [5.74, 6) is 0.355. The first-order valence-electron chi connectivity index (χ1n) is 7.94. The maximum atomic E-state index is 14.2. The van der Waals surface area contributed by atoms with Crippen LogP contribution in [-0.4, -0.2) is 19.1 Å². The van der Waals surface area contributed by atoms with Crippen LogP contribution in [0.5, 0.6) is 5.75 Å². The Hall–Kier alpha value is -1.88. The van der Waals surface area contributed by atoms with Gasteiger partial charge in [-0.1, -0.05) is 15.9 Å². The molecule has 0 bridgehead atoms. The zero-order chi connectivity index (χ0) is 17.3. The van der Waals surface area contributed by atoms with Crippen LogP contribution in [0.25, 0.3) is 0 Å². The molecule has 0 heterocycles. The highest BCUT2D eigenvalue weighted by molar-refractivity contribution is 9.10. The van der Waals surface area contributed by atoms with Gasteiger partial charge in [-0.15, -0.1) is 0 Å². The monoisotopic (exact) mass is 391 g/mol. The average molecular weight is 392 g/mol. The Kier molecular flexibility index (Phi) is 4.90. The Morgan fingerprint density at radius 2 is 1.92 bits per heavy atom. The molecule has 3 nitrogen and oxygen atoms in total. The number of carbonyl (C=O) groups is 1. The van der Waals surface area contributed by atoms with Crippen LogP contribution >= 0.6 is 15.9 Å². The molecule has 0 radical (unpaired) electrons. The molecule has 2 aromatic carbocycles. The molecule has 0 aliphatic heterocycles. The summed E-state index contributed by atoms with van der Waals surface area (Å²) >= 11 is 3.31. The lowest BCUT2D eigenvalue weighted by molar-refractivity contribution is 0.0971. The van der Waals surface area contributed by atoms with Crippen molar-refractivity contribution in [2.24, 2.45) is 5.92 Å². The molecule has 126 valence electrons. The third kappa shape index (κ3) is 3.46. The molecule has 24 heavy (non-hydrogen) atoms. The van der Waals surface area contributed by atoms with Gasteiger partial charge in [0.05, 0.1) is 12.7 Å². The predicted octanol–water partition coefficient (Wildman–Crippen LogP) is 5.04. The summed E-state index contributed by atoms with van der Waals surface area (Å²) in [4.78, 5) is 14.8. The first kappa shape index (κ1) is 17.0. The average Bonchev–Trinajstić information content (AvgIpc) is 3.42. The molecule has 1 aliphatic carbocycles. The van der Waals surface area contributed by atoms with Crippen LogP contribution in [0, 0.1) is 11.7 Å². The van der Waals surface area contributed by atoms with Crippen molar-refractivity contribution in [2.45, 2.75) is 25.8 Å². The number of hydrogen-bond acceptors (Lipinski definition) is 2. The maximum Gasteiger partial charge on any atom is 0.261 e. The molecule has 1 unspecified atom stereocenters. The number of halogens is 2. The summed E-state index contributed by atoms with van der Waals surface area (Å²) in [5, 5.41) is 0. The predicted molar refractivity (Wildman–Crippen MR) is 96.1 cm³/mol. The highest BCUT2D eigenvalue weighted by Crippen LogP contribution is 2.38. The van der Waals surface area contributed by atoms with E-state index in [9.17, 15) is 9.18 Å². The number of hydrogen-bond donors (Lipinski definition) is 0. The Bertz CT molecular complexity index is 744. The van der Waals surface area contributed by atoms with E-state index < -0.39 is 5.82 Å². The molecule has 0 aromatic heterocycles. The number of benzene rings is 2. The molecule has 2 aromatic rings. The van der Waals surface area contributed by atoms with Crippen molar-refractivity contribution in [1.82, 2.24) is 0 Å². The van der Waals surface area contributed by atoms with Gasteiger partial charge in [-0.05, 0) is 68.1 Å². The summed E-state index contributed by atoms with van der Waals surface area (Å²) in [6.45, 7) is 2.02. The van der Waals surface area contributed by atoms with Gasteiger partial charge >= 0.3 is 0 Å². The molecule has 1 amide bonds. The van der Waals surface area contributed by atoms with E-state index in [1.807, 2.05) is 31.2 Å². The fourth-order valence-electron chi connectivity index (χ4n) is 2.86. The van der Waals surface area contributed by atoms with Gasteiger partial charge in [0.15, 0.2) is 0 Å². The van der Waals surface area contributed by atoms with E-state index in [-0.39, 0.29) is 17.5 Å². The molecule has 1 saturated carbocycles. The van der Waals surface area contributed by atoms with Gasteiger partial charge < -0.3 is 9.64 Å². The van der Waals surface area contributed by atoms with Crippen molar-refractivity contribution < 1.29 is 13.9 Å². The molecule has 3 rings (SSSR count). The molecular formula is C19H19BrFNO2. The molecule has 5 heteroatoms. The number of anilines is 1. The lowest BCUT2D eigenvalue weighted by Gasteiger charge is -2.30. The van der Waals surface area contributed by atoms with Crippen molar-refractivity contribution in [3.05, 3.63) is 58.3 Å². The fourth-order valence-corrected chi connectivity index (χ4v) is 3.22. The summed E-state index contributed by atoms with van der Waals surface area (Å²) in [6, 6.07) is 11.8. The van der Waals surface area contributed by atoms with E-state index >= 15 is 0 Å². The lowest BCUT2D eigenvalue weighted by Crippen LogP contribution is -2.40. The van der Waals surface area contributed by atoms with Gasteiger partial charge in [0.2, 0.25) is 0 Å². The smallest absolute Gasteiger partial charge is 0.261 e. The summed E-state index contributed by atoms with van der Waals surface area (Å²) in [5.41, 5.74) is 0.826. The summed E-state index contributed by atoms with van der Waals surface area (Å²) in [7, 11) is 1.60. The van der Waals surface area contributed by atoms with Gasteiger partial charge in [0.25, 0.3) is 5.91 Å². The third-order valence-corrected chi connectivity index (χ3v) is 4.93. The summed E-state index contributed by atoms with van der Waals surface area (Å²) < 4.78 is 20.1. The Morgan fingerprint density at radius 3 is 2.50 bits per heavy atom. The van der Waals surface area contributed by atoms with Crippen LogP contribution < -0.4 is 9.64 Å². The number of ether oxygens (including phenoxy) is 1. The SMILES string of the molecule is COc1ccc(N(C(=O)c2cc(Br)ccc2F)C(C)C2CC2)cc1. The second-order valence-corrected chi connectivity index (χ2v) is 6.99. The number of rotatable bonds is 5. The molecule has 0 N–H and O–H groups in total. The quantitative estimate of drug-likeness (QED) is 0.714. The van der Waals surface area contributed by atoms with Crippen molar-refractivity contribution in [2.75, 3.05) is 12.0 Å². The van der Waals surface area contributed by atoms with Crippen molar-refractivity contribution in [3.63, 3.8) is 0 Å². The van der Waals surface area contributed by atoms with Crippen molar-refractivity contribution >= 4 is 27.5 Å². The topological polar surface area (TPSA) is 29.5 Å². The van der Waals surface area contributed by atoms with E-state index in [1.165, 1.54) is 12.1 Å². The van der Waals surface area contributed by atoms with Gasteiger partial charge in [0.1, 0.15) is 11.6 Å². The lowest BCUT2D eigenvalue weighted by atomic mass is 10.1. The molecule has 1 atom stereocenters. The standard InChI is InChI=1S/C19H19BrFNO2/c1-12(13-3-4-13)22(15-6-8-16(24-2)9-7-15)19(23)17-11-14(20)5-10-18(17)21/h5-13H,3-4H2,1-2H3. The van der Waals surface area contributed by atoms with E-state index in [0.717, 1.165) is 24.3 Å². The van der Waals surface area contributed by atoms with E-state index in [2.05, 4.69) is 15.9 Å². The maximum absolute atomic E-state index is 14.2. The van der Waals surface area contributed by atoms with Gasteiger partial charge in [-0.2, -0.15) is 0 Å². The van der Waals surface area contributed by atoms with E-state index in [4.69, 9.17) is 4.74 Å². The van der Waals surface area contributed by atoms with Crippen LogP contribution in [-0.2, 0) is 0 Å². The van der Waals surface area contributed by atoms with Gasteiger partial charge in [-0.3, -0.25) is 4.79 Å². The zero-order valence-corrected chi connectivity index (χ0v) is 15.2. The number of carbonyl (C=O) groups excluding carboxylic acids is 1. The second-order valence-electron chi connectivity index (χ2n) is 6.08. The molecule has 0 spiro atoms. The normalized spacial score (nSPS) is 15.0. The number of methoxy groups -OCH3 is 1. The minimum Gasteiger partial charge on any atom is -0.497 e. The largest absolute Gasteiger partial charge is 0.497 e. The van der Waals surface area contributed by atoms with Crippen LogP contribution in [0.2, 0.25) is 0 Å². The van der Waals surface area contributed by atoms with E-state index in [1.54, 1.807) is 18.1 Å². The Labute approximate surface area is 149 Å². The molecule has 0 saturated heterocycles. The van der Waals surface area contributed by atoms with Gasteiger partial charge in [-0.25, -0.2) is 4.39 Å². The molecule has 1 fully saturated rings. The highest BCUT2D eigenvalue weighted by atomic mass is 79.9. The van der Waals surface area contributed by atoms with Crippen LogP contribution in [0.1, 0.15) is 30.1 Å². The van der Waals surface area contributed by atoms with Gasteiger partial charge in [0, 0.05) is 16.2 Å². The van der Waals surface area contributed by atoms with Crippen LogP contribution in [0.4, 0.5) is 10.1 Å². The minimum atomic E-state index is -0.510. The highest BCUT2D eigenvalue weighted by Gasteiger charge is 2.36. The van der Waals surface area contributed by atoms with E-state index in [0.29, 0.717) is 10.4 Å². The second kappa shape index (κ2) is 6.93. The van der Waals surface area contributed by atoms with Crippen LogP contribution in [0.15, 0.2) is 46.9 Å². The molecular weight excluding hydrogens is 373 g/mol. The van der Waals surface area contributed by atoms with Crippen molar-refractivity contribution in [1.29, 1.82) is 0 Å². The number of amides is 1. The summed E-state index contributed by atoms with van der Waals surface area (Å²) in [6.07, 6.45) is 2.20. The fraction of sp³-hybridized carbons (Fsp3) is 0.316. The van der Waals surface area contributed by atoms with Crippen molar-refractivity contribution in [3.8, 4) is 5.75 Å². The Balaban J connectivity index is 2.00. The van der Waals surface area contributed by atoms with Crippen LogP contribution in [0.3, 0.4) is 0 Å². The minimum absolute atomic E-state index is 0.0178. The number of nitrogens with zero attached hydrogens (tertiary/aromatic N) is 1.